The van der Waals surface area contributed by atoms with Crippen LogP contribution in [0.25, 0.3) is 0 Å². The Morgan fingerprint density at radius 1 is 1.22 bits per heavy atom. The first kappa shape index (κ1) is 27.9. The highest BCUT2D eigenvalue weighted by atomic mass is 32.2. The number of rotatable bonds is 16. The van der Waals surface area contributed by atoms with Crippen molar-refractivity contribution in [3.8, 4) is 0 Å². The maximum Gasteiger partial charge on any atom is 0.160 e. The van der Waals surface area contributed by atoms with Gasteiger partial charge in [0.15, 0.2) is 9.84 Å². The fourth-order valence-corrected chi connectivity index (χ4v) is 4.70. The molecule has 0 aromatic heterocycles. The molecule has 0 bridgehead atoms. The molecule has 0 aliphatic rings. The van der Waals surface area contributed by atoms with Gasteiger partial charge in [0, 0.05) is 25.3 Å². The summed E-state index contributed by atoms with van der Waals surface area (Å²) in [4.78, 5) is 2.43. The van der Waals surface area contributed by atoms with Crippen LogP contribution in [-0.2, 0) is 15.6 Å². The zero-order valence-corrected chi connectivity index (χ0v) is 21.2. The lowest BCUT2D eigenvalue weighted by molar-refractivity contribution is 0.304. The molecule has 0 heterocycles. The van der Waals surface area contributed by atoms with Crippen LogP contribution in [0.4, 0.5) is 5.69 Å². The highest BCUT2D eigenvalue weighted by Crippen LogP contribution is 2.20. The summed E-state index contributed by atoms with van der Waals surface area (Å²) in [5.74, 6) is 0.0401. The Hall–Kier alpha value is -2.11. The van der Waals surface area contributed by atoms with Gasteiger partial charge in [-0.25, -0.2) is 8.42 Å². The van der Waals surface area contributed by atoms with Crippen molar-refractivity contribution in [2.75, 3.05) is 31.5 Å². The predicted molar refractivity (Wildman–Crippen MR) is 141 cm³/mol. The van der Waals surface area contributed by atoms with Gasteiger partial charge in [-0.15, -0.1) is 0 Å². The van der Waals surface area contributed by atoms with Gasteiger partial charge in [-0.1, -0.05) is 81.5 Å². The molecule has 0 spiro atoms. The average molecular weight is 459 g/mol. The van der Waals surface area contributed by atoms with E-state index >= 15 is 0 Å². The van der Waals surface area contributed by atoms with Gasteiger partial charge < -0.3 is 5.32 Å². The number of nitrogens with one attached hydrogen (secondary N) is 1. The number of benzene rings is 1. The van der Waals surface area contributed by atoms with Crippen LogP contribution in [-0.4, -0.2) is 44.7 Å². The van der Waals surface area contributed by atoms with Gasteiger partial charge in [-0.2, -0.15) is 0 Å². The smallest absolute Gasteiger partial charge is 0.160 e. The first-order valence-electron chi connectivity index (χ1n) is 11.7. The zero-order chi connectivity index (χ0) is 23.8. The SMILES string of the molecule is C=C/C=C(\C=C/C)CN(CCCC)CCNc1ccccc1CS(=O)(=O)C(C)/C=C\CC. The van der Waals surface area contributed by atoms with E-state index < -0.39 is 15.1 Å². The second-order valence-corrected chi connectivity index (χ2v) is 10.4. The Kier molecular flexibility index (Phi) is 13.7. The molecule has 0 saturated heterocycles. The molecule has 0 amide bonds. The number of hydrogen-bond donors (Lipinski definition) is 1. The van der Waals surface area contributed by atoms with Crippen molar-refractivity contribution < 1.29 is 8.42 Å². The van der Waals surface area contributed by atoms with E-state index in [0.717, 1.165) is 56.7 Å². The van der Waals surface area contributed by atoms with E-state index in [0.29, 0.717) is 0 Å². The van der Waals surface area contributed by atoms with E-state index in [2.05, 4.69) is 41.9 Å². The number of allylic oxidation sites excluding steroid dienone is 4. The molecule has 32 heavy (non-hydrogen) atoms. The van der Waals surface area contributed by atoms with Gasteiger partial charge >= 0.3 is 0 Å². The number of anilines is 1. The van der Waals surface area contributed by atoms with Crippen LogP contribution in [0.1, 0.15) is 52.5 Å². The fraction of sp³-hybridized carbons (Fsp3) is 0.481. The molecule has 178 valence electrons. The minimum Gasteiger partial charge on any atom is -0.384 e. The van der Waals surface area contributed by atoms with E-state index in [-0.39, 0.29) is 5.75 Å². The zero-order valence-electron chi connectivity index (χ0n) is 20.4. The van der Waals surface area contributed by atoms with Crippen molar-refractivity contribution in [2.45, 2.75) is 58.0 Å². The van der Waals surface area contributed by atoms with Gasteiger partial charge in [0.25, 0.3) is 0 Å². The monoisotopic (exact) mass is 458 g/mol. The lowest BCUT2D eigenvalue weighted by Gasteiger charge is -2.23. The molecule has 0 radical (unpaired) electrons. The number of hydrogen-bond acceptors (Lipinski definition) is 4. The second kappa shape index (κ2) is 15.7. The molecule has 0 saturated carbocycles. The molecule has 0 fully saturated rings. The largest absolute Gasteiger partial charge is 0.384 e. The summed E-state index contributed by atoms with van der Waals surface area (Å²) >= 11 is 0. The molecule has 1 aromatic carbocycles. The Balaban J connectivity index is 2.84. The molecule has 1 N–H and O–H groups in total. The average Bonchev–Trinajstić information content (AvgIpc) is 2.76. The molecule has 1 unspecified atom stereocenters. The van der Waals surface area contributed by atoms with E-state index in [1.54, 1.807) is 13.0 Å². The van der Waals surface area contributed by atoms with Crippen LogP contribution in [0.2, 0.25) is 0 Å². The minimum absolute atomic E-state index is 0.0401. The van der Waals surface area contributed by atoms with Crippen molar-refractivity contribution >= 4 is 15.5 Å². The highest BCUT2D eigenvalue weighted by molar-refractivity contribution is 7.91. The van der Waals surface area contributed by atoms with Gasteiger partial charge in [0.05, 0.1) is 11.0 Å². The molecule has 4 nitrogen and oxygen atoms in total. The Morgan fingerprint density at radius 3 is 2.62 bits per heavy atom. The lowest BCUT2D eigenvalue weighted by Crippen LogP contribution is -2.32. The summed E-state index contributed by atoms with van der Waals surface area (Å²) in [7, 11) is -3.25. The van der Waals surface area contributed by atoms with Crippen molar-refractivity contribution in [1.29, 1.82) is 0 Å². The van der Waals surface area contributed by atoms with Crippen LogP contribution in [0.5, 0.6) is 0 Å². The number of para-hydroxylation sites is 1. The third kappa shape index (κ3) is 10.5. The first-order valence-corrected chi connectivity index (χ1v) is 13.5. The second-order valence-electron chi connectivity index (χ2n) is 8.04. The van der Waals surface area contributed by atoms with Crippen molar-refractivity contribution in [3.05, 3.63) is 78.4 Å². The van der Waals surface area contributed by atoms with Crippen molar-refractivity contribution in [2.24, 2.45) is 0 Å². The molecule has 1 aromatic rings. The van der Waals surface area contributed by atoms with Crippen LogP contribution >= 0.6 is 0 Å². The molecule has 1 rings (SSSR count). The van der Waals surface area contributed by atoms with Crippen LogP contribution < -0.4 is 5.32 Å². The number of sulfone groups is 1. The predicted octanol–water partition coefficient (Wildman–Crippen LogP) is 6.16. The quantitative estimate of drug-likeness (QED) is 0.238. The Labute approximate surface area is 196 Å². The van der Waals surface area contributed by atoms with Gasteiger partial charge in [-0.3, -0.25) is 4.90 Å². The number of unbranched alkanes of at least 4 members (excludes halogenated alkanes) is 1. The Morgan fingerprint density at radius 2 is 1.97 bits per heavy atom. The molecular formula is C27H42N2O2S. The Bertz CT molecular complexity index is 869. The standard InChI is InChI=1S/C27H42N2O2S/c1-6-10-16-24(5)32(30,31)23-26-17-12-13-18-27(26)28-19-21-29(20-11-7-2)22-25(14-8-3)15-9-4/h8-10,12-18,24,28H,3,6-7,11,19-23H2,1-2,4-5H3/b15-9-,16-10-,25-14+. The maximum absolute atomic E-state index is 12.8. The van der Waals surface area contributed by atoms with Crippen LogP contribution in [0.3, 0.4) is 0 Å². The molecular weight excluding hydrogens is 416 g/mol. The number of nitrogens with zero attached hydrogens (tertiary/aromatic N) is 1. The van der Waals surface area contributed by atoms with E-state index in [1.807, 2.05) is 50.3 Å². The van der Waals surface area contributed by atoms with E-state index in [9.17, 15) is 8.42 Å². The summed E-state index contributed by atoms with van der Waals surface area (Å²) < 4.78 is 25.6. The van der Waals surface area contributed by atoms with Crippen LogP contribution in [0, 0.1) is 0 Å². The third-order valence-corrected chi connectivity index (χ3v) is 7.28. The van der Waals surface area contributed by atoms with Crippen molar-refractivity contribution in [3.63, 3.8) is 0 Å². The molecule has 5 heteroatoms. The van der Waals surface area contributed by atoms with Crippen molar-refractivity contribution in [1.82, 2.24) is 4.90 Å². The lowest BCUT2D eigenvalue weighted by atomic mass is 10.2. The summed E-state index contributed by atoms with van der Waals surface area (Å²) in [5.41, 5.74) is 2.96. The topological polar surface area (TPSA) is 49.4 Å². The third-order valence-electron chi connectivity index (χ3n) is 5.27. The molecule has 1 atom stereocenters. The minimum atomic E-state index is -3.25. The molecule has 0 aliphatic heterocycles. The van der Waals surface area contributed by atoms with Gasteiger partial charge in [-0.05, 0) is 50.4 Å². The summed E-state index contributed by atoms with van der Waals surface area (Å²) in [5, 5.41) is 3.00. The van der Waals surface area contributed by atoms with Gasteiger partial charge in [0.2, 0.25) is 0 Å². The maximum atomic E-state index is 12.8. The summed E-state index contributed by atoms with van der Waals surface area (Å²) in [6, 6.07) is 7.73. The van der Waals surface area contributed by atoms with Gasteiger partial charge in [0.1, 0.15) is 0 Å². The highest BCUT2D eigenvalue weighted by Gasteiger charge is 2.20. The molecule has 0 aliphatic carbocycles. The van der Waals surface area contributed by atoms with E-state index in [4.69, 9.17) is 0 Å². The normalized spacial score (nSPS) is 13.8. The summed E-state index contributed by atoms with van der Waals surface area (Å²) in [6.45, 7) is 15.3. The fourth-order valence-electron chi connectivity index (χ4n) is 3.40. The van der Waals surface area contributed by atoms with Crippen LogP contribution in [0.15, 0.2) is 72.9 Å². The van der Waals surface area contributed by atoms with E-state index in [1.165, 1.54) is 5.57 Å². The summed E-state index contributed by atoms with van der Waals surface area (Å²) in [6.07, 6.45) is 14.9. The first-order chi connectivity index (χ1) is 15.4.